The standard InChI is InChI=1S/C17H15Cl2F3N4O/c18-12-1-2-14(23-9-12)25-16(27)10-3-5-26(6-4-10)15-13(19)7-11(8-24-15)17(20,21)22/h1-2,7-10H,3-6H2,(H,23,25,27). The molecule has 1 fully saturated rings. The van der Waals surface area contributed by atoms with Crippen molar-refractivity contribution < 1.29 is 18.0 Å². The topological polar surface area (TPSA) is 58.1 Å². The highest BCUT2D eigenvalue weighted by Crippen LogP contribution is 2.34. The Bertz CT molecular complexity index is 822. The van der Waals surface area contributed by atoms with Crippen LogP contribution in [0.4, 0.5) is 24.8 Å². The van der Waals surface area contributed by atoms with E-state index in [9.17, 15) is 18.0 Å². The number of pyridine rings is 2. The van der Waals surface area contributed by atoms with Crippen LogP contribution in [0.25, 0.3) is 0 Å². The number of rotatable bonds is 3. The van der Waals surface area contributed by atoms with E-state index in [0.29, 0.717) is 42.6 Å². The fraction of sp³-hybridized carbons (Fsp3) is 0.353. The normalized spacial score (nSPS) is 15.7. The summed E-state index contributed by atoms with van der Waals surface area (Å²) in [6.07, 6.45) is -1.23. The van der Waals surface area contributed by atoms with E-state index in [2.05, 4.69) is 15.3 Å². The van der Waals surface area contributed by atoms with E-state index in [1.54, 1.807) is 17.0 Å². The smallest absolute Gasteiger partial charge is 0.355 e. The van der Waals surface area contributed by atoms with Gasteiger partial charge in [0.25, 0.3) is 0 Å². The molecule has 144 valence electrons. The predicted molar refractivity (Wildman–Crippen MR) is 97.1 cm³/mol. The lowest BCUT2D eigenvalue weighted by Crippen LogP contribution is -2.38. The zero-order chi connectivity index (χ0) is 19.6. The molecule has 2 aromatic rings. The van der Waals surface area contributed by atoms with Crippen LogP contribution in [0.1, 0.15) is 18.4 Å². The summed E-state index contributed by atoms with van der Waals surface area (Å²) >= 11 is 11.7. The molecule has 0 bridgehead atoms. The number of carbonyl (C=O) groups excluding carboxylic acids is 1. The van der Waals surface area contributed by atoms with Gasteiger partial charge in [-0.1, -0.05) is 23.2 Å². The largest absolute Gasteiger partial charge is 0.417 e. The van der Waals surface area contributed by atoms with Gasteiger partial charge >= 0.3 is 6.18 Å². The molecule has 5 nitrogen and oxygen atoms in total. The number of nitrogens with zero attached hydrogens (tertiary/aromatic N) is 3. The molecule has 0 spiro atoms. The van der Waals surface area contributed by atoms with E-state index >= 15 is 0 Å². The molecular formula is C17H15Cl2F3N4O. The van der Waals surface area contributed by atoms with Gasteiger partial charge in [-0.15, -0.1) is 0 Å². The molecule has 1 N–H and O–H groups in total. The van der Waals surface area contributed by atoms with Crippen molar-refractivity contribution >= 4 is 40.7 Å². The van der Waals surface area contributed by atoms with Crippen molar-refractivity contribution in [1.82, 2.24) is 9.97 Å². The number of piperidine rings is 1. The Labute approximate surface area is 163 Å². The Morgan fingerprint density at radius 1 is 1.15 bits per heavy atom. The Balaban J connectivity index is 1.60. The highest BCUT2D eigenvalue weighted by atomic mass is 35.5. The van der Waals surface area contributed by atoms with Crippen LogP contribution in [-0.2, 0) is 11.0 Å². The Morgan fingerprint density at radius 3 is 2.41 bits per heavy atom. The molecule has 1 aliphatic rings. The van der Waals surface area contributed by atoms with Crippen LogP contribution in [0.3, 0.4) is 0 Å². The predicted octanol–water partition coefficient (Wildman–Crippen LogP) is 4.66. The number of aromatic nitrogens is 2. The summed E-state index contributed by atoms with van der Waals surface area (Å²) in [6, 6.07) is 4.11. The molecule has 3 rings (SSSR count). The monoisotopic (exact) mass is 418 g/mol. The first-order chi connectivity index (χ1) is 12.7. The van der Waals surface area contributed by atoms with Crippen LogP contribution in [0, 0.1) is 5.92 Å². The second kappa shape index (κ2) is 7.90. The number of anilines is 2. The maximum Gasteiger partial charge on any atom is 0.417 e. The van der Waals surface area contributed by atoms with Crippen molar-refractivity contribution in [2.45, 2.75) is 19.0 Å². The highest BCUT2D eigenvalue weighted by molar-refractivity contribution is 6.33. The summed E-state index contributed by atoms with van der Waals surface area (Å²) in [7, 11) is 0. The zero-order valence-electron chi connectivity index (χ0n) is 13.9. The van der Waals surface area contributed by atoms with E-state index in [1.165, 1.54) is 6.20 Å². The summed E-state index contributed by atoms with van der Waals surface area (Å²) in [5.74, 6) is 0.324. The average Bonchev–Trinajstić information content (AvgIpc) is 2.63. The molecule has 1 aliphatic heterocycles. The summed E-state index contributed by atoms with van der Waals surface area (Å²) < 4.78 is 38.1. The third-order valence-corrected chi connectivity index (χ3v) is 4.79. The molecule has 27 heavy (non-hydrogen) atoms. The van der Waals surface area contributed by atoms with Crippen LogP contribution >= 0.6 is 23.2 Å². The molecule has 0 atom stereocenters. The van der Waals surface area contributed by atoms with Gasteiger partial charge in [0.05, 0.1) is 15.6 Å². The van der Waals surface area contributed by atoms with Gasteiger partial charge in [0.2, 0.25) is 5.91 Å². The van der Waals surface area contributed by atoms with Crippen molar-refractivity contribution in [2.75, 3.05) is 23.3 Å². The van der Waals surface area contributed by atoms with E-state index in [4.69, 9.17) is 23.2 Å². The number of nitrogens with one attached hydrogen (secondary N) is 1. The number of amides is 1. The molecule has 2 aromatic heterocycles. The van der Waals surface area contributed by atoms with Crippen molar-refractivity contribution in [1.29, 1.82) is 0 Å². The molecule has 1 amide bonds. The summed E-state index contributed by atoms with van der Waals surface area (Å²) in [5.41, 5.74) is -0.888. The molecule has 1 saturated heterocycles. The van der Waals surface area contributed by atoms with E-state index in [0.717, 1.165) is 12.3 Å². The lowest BCUT2D eigenvalue weighted by molar-refractivity contribution is -0.137. The molecule has 0 saturated carbocycles. The molecule has 0 radical (unpaired) electrons. The van der Waals surface area contributed by atoms with Crippen LogP contribution in [0.5, 0.6) is 0 Å². The third-order valence-electron chi connectivity index (χ3n) is 4.29. The minimum absolute atomic E-state index is 0.0573. The zero-order valence-corrected chi connectivity index (χ0v) is 15.4. The fourth-order valence-corrected chi connectivity index (χ4v) is 3.25. The average molecular weight is 419 g/mol. The number of hydrogen-bond acceptors (Lipinski definition) is 4. The highest BCUT2D eigenvalue weighted by Gasteiger charge is 2.33. The van der Waals surface area contributed by atoms with Gasteiger partial charge in [0.15, 0.2) is 0 Å². The maximum absolute atomic E-state index is 12.7. The number of hydrogen-bond donors (Lipinski definition) is 1. The van der Waals surface area contributed by atoms with E-state index in [-0.39, 0.29) is 16.8 Å². The van der Waals surface area contributed by atoms with Gasteiger partial charge < -0.3 is 10.2 Å². The Kier molecular flexibility index (Phi) is 5.76. The van der Waals surface area contributed by atoms with Crippen molar-refractivity contribution in [3.05, 3.63) is 46.2 Å². The third kappa shape index (κ3) is 4.81. The SMILES string of the molecule is O=C(Nc1ccc(Cl)cn1)C1CCN(c2ncc(C(F)(F)F)cc2Cl)CC1. The molecule has 10 heteroatoms. The van der Waals surface area contributed by atoms with Gasteiger partial charge in [-0.05, 0) is 31.0 Å². The van der Waals surface area contributed by atoms with Crippen molar-refractivity contribution in [2.24, 2.45) is 5.92 Å². The number of carbonyl (C=O) groups is 1. The van der Waals surface area contributed by atoms with Gasteiger partial charge in [0, 0.05) is 31.4 Å². The summed E-state index contributed by atoms with van der Waals surface area (Å²) in [6.45, 7) is 0.925. The molecular weight excluding hydrogens is 404 g/mol. The summed E-state index contributed by atoms with van der Waals surface area (Å²) in [4.78, 5) is 22.0. The van der Waals surface area contributed by atoms with Crippen LogP contribution in [-0.4, -0.2) is 29.0 Å². The van der Waals surface area contributed by atoms with Crippen molar-refractivity contribution in [3.63, 3.8) is 0 Å². The second-order valence-corrected chi connectivity index (χ2v) is 6.98. The van der Waals surface area contributed by atoms with Crippen molar-refractivity contribution in [3.8, 4) is 0 Å². The Hall–Kier alpha value is -2.06. The first-order valence-electron chi connectivity index (χ1n) is 8.14. The van der Waals surface area contributed by atoms with Gasteiger partial charge in [-0.2, -0.15) is 13.2 Å². The van der Waals surface area contributed by atoms with Gasteiger partial charge in [-0.25, -0.2) is 9.97 Å². The minimum Gasteiger partial charge on any atom is -0.355 e. The van der Waals surface area contributed by atoms with Gasteiger partial charge in [-0.3, -0.25) is 4.79 Å². The minimum atomic E-state index is -4.49. The van der Waals surface area contributed by atoms with Crippen LogP contribution < -0.4 is 10.2 Å². The van der Waals surface area contributed by atoms with Crippen LogP contribution in [0.2, 0.25) is 10.0 Å². The first-order valence-corrected chi connectivity index (χ1v) is 8.90. The van der Waals surface area contributed by atoms with Crippen LogP contribution in [0.15, 0.2) is 30.6 Å². The van der Waals surface area contributed by atoms with E-state index < -0.39 is 11.7 Å². The number of alkyl halides is 3. The maximum atomic E-state index is 12.7. The van der Waals surface area contributed by atoms with E-state index in [1.807, 2.05) is 0 Å². The quantitative estimate of drug-likeness (QED) is 0.787. The first kappa shape index (κ1) is 19.7. The molecule has 0 unspecified atom stereocenters. The lowest BCUT2D eigenvalue weighted by Gasteiger charge is -2.32. The van der Waals surface area contributed by atoms with Gasteiger partial charge in [0.1, 0.15) is 11.6 Å². The molecule has 0 aliphatic carbocycles. The summed E-state index contributed by atoms with van der Waals surface area (Å²) in [5, 5.41) is 3.15. The number of halogens is 5. The second-order valence-electron chi connectivity index (χ2n) is 6.14. The molecule has 0 aromatic carbocycles. The lowest BCUT2D eigenvalue weighted by atomic mass is 9.96. The fourth-order valence-electron chi connectivity index (χ4n) is 2.85. The Morgan fingerprint density at radius 2 is 1.85 bits per heavy atom. The molecule has 3 heterocycles.